The molecular formula is C23H21BrF2N2O6. The van der Waals surface area contributed by atoms with Crippen LogP contribution in [0.3, 0.4) is 0 Å². The first kappa shape index (κ1) is 25.3. The molecule has 0 saturated carbocycles. The van der Waals surface area contributed by atoms with Crippen LogP contribution in [0.15, 0.2) is 45.5 Å². The summed E-state index contributed by atoms with van der Waals surface area (Å²) >= 11 is 3.31. The van der Waals surface area contributed by atoms with Crippen LogP contribution in [0, 0.1) is 18.6 Å². The Labute approximate surface area is 202 Å². The summed E-state index contributed by atoms with van der Waals surface area (Å²) in [5, 5.41) is 0. The molecule has 2 N–H and O–H groups in total. The first-order valence-corrected chi connectivity index (χ1v) is 10.9. The lowest BCUT2D eigenvalue weighted by Gasteiger charge is -2.17. The highest BCUT2D eigenvalue weighted by Gasteiger charge is 2.27. The minimum atomic E-state index is -1.30. The van der Waals surface area contributed by atoms with E-state index in [4.69, 9.17) is 24.4 Å². The smallest absolute Gasteiger partial charge is 0.332 e. The molecule has 1 amide bonds. The van der Waals surface area contributed by atoms with Gasteiger partial charge in [-0.3, -0.25) is 4.79 Å². The highest BCUT2D eigenvalue weighted by Crippen LogP contribution is 2.34. The van der Waals surface area contributed by atoms with Crippen LogP contribution < -0.4 is 10.5 Å². The van der Waals surface area contributed by atoms with Crippen molar-refractivity contribution in [2.45, 2.75) is 20.0 Å². The molecule has 1 aromatic heterocycles. The fourth-order valence-electron chi connectivity index (χ4n) is 2.96. The number of oxazole rings is 1. The van der Waals surface area contributed by atoms with Crippen molar-refractivity contribution in [1.82, 2.24) is 4.98 Å². The van der Waals surface area contributed by atoms with E-state index in [1.165, 1.54) is 0 Å². The molecule has 0 saturated heterocycles. The van der Waals surface area contributed by atoms with Gasteiger partial charge in [-0.25, -0.2) is 18.6 Å². The minimum absolute atomic E-state index is 0.0179. The van der Waals surface area contributed by atoms with Crippen molar-refractivity contribution < 1.29 is 37.0 Å². The number of rotatable bonds is 10. The predicted octanol–water partition coefficient (Wildman–Crippen LogP) is 4.49. The van der Waals surface area contributed by atoms with Gasteiger partial charge in [0.25, 0.3) is 5.91 Å². The van der Waals surface area contributed by atoms with Gasteiger partial charge in [-0.2, -0.15) is 0 Å². The van der Waals surface area contributed by atoms with E-state index in [1.54, 1.807) is 6.92 Å². The molecule has 0 bridgehead atoms. The Kier molecular flexibility index (Phi) is 8.35. The van der Waals surface area contributed by atoms with E-state index in [0.717, 1.165) is 23.3 Å². The van der Waals surface area contributed by atoms with Crippen LogP contribution in [0.4, 0.5) is 8.78 Å². The molecule has 180 valence electrons. The van der Waals surface area contributed by atoms with E-state index in [1.807, 2.05) is 31.2 Å². The maximum Gasteiger partial charge on any atom is 0.332 e. The van der Waals surface area contributed by atoms with Crippen LogP contribution in [0.2, 0.25) is 0 Å². The first-order chi connectivity index (χ1) is 16.2. The summed E-state index contributed by atoms with van der Waals surface area (Å²) in [6.07, 6.45) is -1.18. The number of aryl methyl sites for hydroxylation is 1. The molecule has 0 aliphatic carbocycles. The van der Waals surface area contributed by atoms with Gasteiger partial charge in [0.15, 0.2) is 22.3 Å². The van der Waals surface area contributed by atoms with Crippen LogP contribution in [-0.2, 0) is 14.3 Å². The van der Waals surface area contributed by atoms with Gasteiger partial charge in [-0.05, 0) is 41.9 Å². The summed E-state index contributed by atoms with van der Waals surface area (Å²) in [6, 6.07) is 9.31. The minimum Gasteiger partial charge on any atom is -0.475 e. The first-order valence-electron chi connectivity index (χ1n) is 10.1. The lowest BCUT2D eigenvalue weighted by atomic mass is 10.1. The van der Waals surface area contributed by atoms with E-state index < -0.39 is 47.5 Å². The highest BCUT2D eigenvalue weighted by atomic mass is 79.9. The van der Waals surface area contributed by atoms with E-state index in [-0.39, 0.29) is 23.8 Å². The Balaban J connectivity index is 1.93. The third-order valence-corrected chi connectivity index (χ3v) is 5.11. The maximum atomic E-state index is 14.8. The number of halogens is 3. The zero-order valence-electron chi connectivity index (χ0n) is 18.3. The number of benzene rings is 2. The molecule has 0 spiro atoms. The van der Waals surface area contributed by atoms with Crippen molar-refractivity contribution in [3.05, 3.63) is 69.7 Å². The molecule has 3 aromatic rings. The molecule has 0 aliphatic rings. The summed E-state index contributed by atoms with van der Waals surface area (Å²) in [4.78, 5) is 27.5. The molecular weight excluding hydrogens is 518 g/mol. The maximum absolute atomic E-state index is 14.8. The van der Waals surface area contributed by atoms with Gasteiger partial charge < -0.3 is 24.4 Å². The Hall–Kier alpha value is -3.31. The molecule has 1 unspecified atom stereocenters. The largest absolute Gasteiger partial charge is 0.475 e. The normalized spacial score (nSPS) is 11.8. The van der Waals surface area contributed by atoms with Crippen molar-refractivity contribution >= 4 is 27.8 Å². The Bertz CT molecular complexity index is 1180. The molecule has 0 radical (unpaired) electrons. The fourth-order valence-corrected chi connectivity index (χ4v) is 3.44. The van der Waals surface area contributed by atoms with E-state index in [0.29, 0.717) is 5.69 Å². The highest BCUT2D eigenvalue weighted by molar-refractivity contribution is 9.10. The Morgan fingerprint density at radius 1 is 1.18 bits per heavy atom. The van der Waals surface area contributed by atoms with Gasteiger partial charge in [0.05, 0.1) is 13.2 Å². The zero-order chi connectivity index (χ0) is 24.8. The molecule has 2 aromatic carbocycles. The average Bonchev–Trinajstić information content (AvgIpc) is 3.16. The number of esters is 1. The molecule has 0 fully saturated rings. The van der Waals surface area contributed by atoms with E-state index in [2.05, 4.69) is 20.9 Å². The molecule has 3 rings (SSSR count). The number of nitrogens with zero attached hydrogens (tertiary/aromatic N) is 1. The topological polar surface area (TPSA) is 114 Å². The molecule has 11 heteroatoms. The van der Waals surface area contributed by atoms with E-state index in [9.17, 15) is 18.4 Å². The number of ether oxygens (including phenoxy) is 3. The third-order valence-electron chi connectivity index (χ3n) is 4.57. The van der Waals surface area contributed by atoms with Gasteiger partial charge >= 0.3 is 5.97 Å². The van der Waals surface area contributed by atoms with Crippen molar-refractivity contribution in [3.8, 4) is 17.0 Å². The predicted molar refractivity (Wildman–Crippen MR) is 120 cm³/mol. The summed E-state index contributed by atoms with van der Waals surface area (Å²) < 4.78 is 50.4. The zero-order valence-corrected chi connectivity index (χ0v) is 19.9. The second-order valence-electron chi connectivity index (χ2n) is 7.07. The van der Waals surface area contributed by atoms with Gasteiger partial charge in [-0.15, -0.1) is 0 Å². The number of amides is 1. The molecule has 1 atom stereocenters. The number of nitrogens with two attached hydrogens (primary N) is 1. The van der Waals surface area contributed by atoms with Crippen LogP contribution in [0.1, 0.15) is 34.8 Å². The van der Waals surface area contributed by atoms with Gasteiger partial charge in [-0.1, -0.05) is 29.8 Å². The summed E-state index contributed by atoms with van der Waals surface area (Å²) in [5.41, 5.74) is 6.37. The third kappa shape index (κ3) is 5.97. The van der Waals surface area contributed by atoms with E-state index >= 15 is 0 Å². The fraction of sp³-hybridized carbons (Fsp3) is 0.261. The molecule has 8 nitrogen and oxygen atoms in total. The standard InChI is InChI=1S/C23H21BrF2N2O6/c1-3-32-17(29)11-31-10-16(33-15-9-8-14(25)18(19(15)26)22(27)30)23-28-20(21(24)34-23)13-6-4-12(2)5-7-13/h4-9,16H,3,10-11H2,1-2H3,(H2,27,30). The van der Waals surface area contributed by atoms with Gasteiger partial charge in [0, 0.05) is 5.56 Å². The van der Waals surface area contributed by atoms with Crippen LogP contribution in [0.25, 0.3) is 11.3 Å². The molecule has 1 heterocycles. The number of carbonyl (C=O) groups is 2. The van der Waals surface area contributed by atoms with Crippen molar-refractivity contribution in [3.63, 3.8) is 0 Å². The van der Waals surface area contributed by atoms with Crippen molar-refractivity contribution in [2.24, 2.45) is 5.73 Å². The molecule has 0 aliphatic heterocycles. The van der Waals surface area contributed by atoms with Crippen molar-refractivity contribution in [2.75, 3.05) is 19.8 Å². The number of hydrogen-bond donors (Lipinski definition) is 1. The monoisotopic (exact) mass is 538 g/mol. The summed E-state index contributed by atoms with van der Waals surface area (Å²) in [6.45, 7) is 3.05. The SMILES string of the molecule is CCOC(=O)COCC(Oc1ccc(F)c(C(N)=O)c1F)c1nc(-c2ccc(C)cc2)c(Br)o1. The Morgan fingerprint density at radius 2 is 1.88 bits per heavy atom. The second-order valence-corrected chi connectivity index (χ2v) is 7.79. The van der Waals surface area contributed by atoms with Crippen molar-refractivity contribution in [1.29, 1.82) is 0 Å². The average molecular weight is 539 g/mol. The van der Waals surface area contributed by atoms with Crippen LogP contribution >= 0.6 is 15.9 Å². The summed E-state index contributed by atoms with van der Waals surface area (Å²) in [7, 11) is 0. The second kappa shape index (κ2) is 11.2. The number of primary amides is 1. The Morgan fingerprint density at radius 3 is 2.53 bits per heavy atom. The molecule has 34 heavy (non-hydrogen) atoms. The number of carbonyl (C=O) groups excluding carboxylic acids is 2. The van der Waals surface area contributed by atoms with Crippen LogP contribution in [0.5, 0.6) is 5.75 Å². The lowest BCUT2D eigenvalue weighted by molar-refractivity contribution is -0.149. The summed E-state index contributed by atoms with van der Waals surface area (Å²) in [5.74, 6) is -4.82. The van der Waals surface area contributed by atoms with Gasteiger partial charge in [0.2, 0.25) is 5.89 Å². The number of hydrogen-bond acceptors (Lipinski definition) is 7. The lowest BCUT2D eigenvalue weighted by Crippen LogP contribution is -2.21. The number of aromatic nitrogens is 1. The van der Waals surface area contributed by atoms with Gasteiger partial charge in [0.1, 0.15) is 23.7 Å². The quantitative estimate of drug-likeness (QED) is 0.378. The van der Waals surface area contributed by atoms with Crippen LogP contribution in [-0.4, -0.2) is 36.7 Å².